The molecule has 18 heavy (non-hydrogen) atoms. The van der Waals surface area contributed by atoms with E-state index >= 15 is 0 Å². The van der Waals surface area contributed by atoms with Crippen LogP contribution in [0.1, 0.15) is 41.6 Å². The minimum absolute atomic E-state index is 0.0992. The summed E-state index contributed by atoms with van der Waals surface area (Å²) in [5.41, 5.74) is 2.58. The molecule has 1 aromatic rings. The van der Waals surface area contributed by atoms with Crippen molar-refractivity contribution in [3.63, 3.8) is 0 Å². The number of ether oxygens (including phenoxy) is 2. The van der Waals surface area contributed by atoms with Crippen LogP contribution in [-0.4, -0.2) is 19.8 Å². The van der Waals surface area contributed by atoms with Crippen molar-refractivity contribution in [1.29, 1.82) is 0 Å². The molecule has 1 atom stereocenters. The predicted molar refractivity (Wildman–Crippen MR) is 77.6 cm³/mol. The van der Waals surface area contributed by atoms with Crippen molar-refractivity contribution in [2.45, 2.75) is 43.0 Å². The first kappa shape index (κ1) is 13.9. The minimum Gasteiger partial charge on any atom is -0.496 e. The van der Waals surface area contributed by atoms with Crippen molar-refractivity contribution in [2.75, 3.05) is 14.2 Å². The van der Waals surface area contributed by atoms with Crippen molar-refractivity contribution in [3.8, 4) is 5.75 Å². The van der Waals surface area contributed by atoms with Gasteiger partial charge in [-0.25, -0.2) is 0 Å². The van der Waals surface area contributed by atoms with E-state index in [1.54, 1.807) is 7.11 Å². The molecule has 2 nitrogen and oxygen atoms in total. The van der Waals surface area contributed by atoms with Gasteiger partial charge in [-0.2, -0.15) is 0 Å². The molecule has 100 valence electrons. The summed E-state index contributed by atoms with van der Waals surface area (Å²) >= 11 is 3.80. The van der Waals surface area contributed by atoms with E-state index in [4.69, 9.17) is 9.47 Å². The van der Waals surface area contributed by atoms with Gasteiger partial charge in [-0.05, 0) is 49.8 Å². The molecule has 0 radical (unpaired) electrons. The lowest BCUT2D eigenvalue weighted by Gasteiger charge is -2.42. The summed E-state index contributed by atoms with van der Waals surface area (Å²) < 4.78 is 11.0. The third kappa shape index (κ3) is 2.72. The normalized spacial score (nSPS) is 19.1. The molecule has 1 aromatic carbocycles. The number of rotatable bonds is 5. The third-order valence-electron chi connectivity index (χ3n) is 4.03. The maximum atomic E-state index is 5.69. The highest BCUT2D eigenvalue weighted by molar-refractivity contribution is 9.09. The second kappa shape index (κ2) is 5.62. The van der Waals surface area contributed by atoms with Crippen LogP contribution >= 0.6 is 15.9 Å². The number of aryl methyl sites for hydroxylation is 1. The summed E-state index contributed by atoms with van der Waals surface area (Å²) in [6.45, 7) is 2.08. The molecule has 1 saturated carbocycles. The topological polar surface area (TPSA) is 18.5 Å². The molecule has 0 bridgehead atoms. The highest BCUT2D eigenvalue weighted by atomic mass is 79.9. The number of halogens is 1. The van der Waals surface area contributed by atoms with Gasteiger partial charge in [-0.3, -0.25) is 0 Å². The number of alkyl halides is 1. The molecule has 0 aromatic heterocycles. The maximum absolute atomic E-state index is 5.69. The molecule has 2 rings (SSSR count). The molecule has 0 saturated heterocycles. The van der Waals surface area contributed by atoms with Crippen LogP contribution in [0.3, 0.4) is 0 Å². The standard InChI is InChI=1S/C15H21BrO2/c1-11-9-12(5-6-14(11)17-2)13(16)10-15(18-3)7-4-8-15/h5-6,9,13H,4,7-8,10H2,1-3H3. The molecule has 0 aliphatic heterocycles. The first-order valence-electron chi connectivity index (χ1n) is 6.44. The van der Waals surface area contributed by atoms with Gasteiger partial charge in [-0.15, -0.1) is 0 Å². The van der Waals surface area contributed by atoms with Gasteiger partial charge in [0.1, 0.15) is 5.75 Å². The molecular formula is C15H21BrO2. The molecule has 1 aliphatic carbocycles. The van der Waals surface area contributed by atoms with Gasteiger partial charge in [0.2, 0.25) is 0 Å². The van der Waals surface area contributed by atoms with E-state index in [2.05, 4.69) is 35.0 Å². The van der Waals surface area contributed by atoms with Crippen molar-refractivity contribution in [2.24, 2.45) is 0 Å². The van der Waals surface area contributed by atoms with Crippen LogP contribution in [0.15, 0.2) is 18.2 Å². The van der Waals surface area contributed by atoms with Gasteiger partial charge in [0, 0.05) is 11.9 Å². The summed E-state index contributed by atoms with van der Waals surface area (Å²) in [5, 5.41) is 0. The Hall–Kier alpha value is -0.540. The van der Waals surface area contributed by atoms with Gasteiger partial charge in [-0.1, -0.05) is 28.1 Å². The van der Waals surface area contributed by atoms with Crippen LogP contribution in [-0.2, 0) is 4.74 Å². The van der Waals surface area contributed by atoms with Crippen molar-refractivity contribution in [3.05, 3.63) is 29.3 Å². The lowest BCUT2D eigenvalue weighted by Crippen LogP contribution is -2.39. The number of hydrogen-bond donors (Lipinski definition) is 0. The highest BCUT2D eigenvalue weighted by Crippen LogP contribution is 2.44. The van der Waals surface area contributed by atoms with E-state index in [9.17, 15) is 0 Å². The molecule has 0 spiro atoms. The molecule has 1 aliphatic rings. The van der Waals surface area contributed by atoms with Crippen molar-refractivity contribution < 1.29 is 9.47 Å². The highest BCUT2D eigenvalue weighted by Gasteiger charge is 2.38. The van der Waals surface area contributed by atoms with Crippen LogP contribution in [0, 0.1) is 6.92 Å². The van der Waals surface area contributed by atoms with Crippen LogP contribution in [0.4, 0.5) is 0 Å². The average Bonchev–Trinajstić information content (AvgIpc) is 2.33. The van der Waals surface area contributed by atoms with Crippen LogP contribution in [0.5, 0.6) is 5.75 Å². The summed E-state index contributed by atoms with van der Waals surface area (Å²) in [5.74, 6) is 0.948. The van der Waals surface area contributed by atoms with E-state index < -0.39 is 0 Å². The monoisotopic (exact) mass is 312 g/mol. The first-order valence-corrected chi connectivity index (χ1v) is 7.35. The predicted octanol–water partition coefficient (Wildman–Crippen LogP) is 4.40. The summed E-state index contributed by atoms with van der Waals surface area (Å²) in [7, 11) is 3.54. The fraction of sp³-hybridized carbons (Fsp3) is 0.600. The Morgan fingerprint density at radius 3 is 2.50 bits per heavy atom. The zero-order valence-electron chi connectivity index (χ0n) is 11.3. The fourth-order valence-electron chi connectivity index (χ4n) is 2.60. The van der Waals surface area contributed by atoms with E-state index in [0.29, 0.717) is 4.83 Å². The van der Waals surface area contributed by atoms with Gasteiger partial charge >= 0.3 is 0 Å². The second-order valence-corrected chi connectivity index (χ2v) is 6.25. The summed E-state index contributed by atoms with van der Waals surface area (Å²) in [6, 6.07) is 6.37. The SMILES string of the molecule is COc1ccc(C(Br)CC2(OC)CCC2)cc1C. The first-order chi connectivity index (χ1) is 8.60. The summed E-state index contributed by atoms with van der Waals surface area (Å²) in [6.07, 6.45) is 4.69. The number of hydrogen-bond acceptors (Lipinski definition) is 2. The minimum atomic E-state index is 0.0992. The Balaban J connectivity index is 2.09. The third-order valence-corrected chi connectivity index (χ3v) is 4.88. The number of benzene rings is 1. The largest absolute Gasteiger partial charge is 0.496 e. The molecule has 0 heterocycles. The Bertz CT molecular complexity index is 407. The van der Waals surface area contributed by atoms with E-state index in [-0.39, 0.29) is 5.60 Å². The van der Waals surface area contributed by atoms with Crippen molar-refractivity contribution >= 4 is 15.9 Å². The van der Waals surface area contributed by atoms with E-state index in [1.807, 2.05) is 13.2 Å². The summed E-state index contributed by atoms with van der Waals surface area (Å²) in [4.78, 5) is 0.349. The molecule has 3 heteroatoms. The Morgan fingerprint density at radius 1 is 1.33 bits per heavy atom. The van der Waals surface area contributed by atoms with E-state index in [0.717, 1.165) is 12.2 Å². The molecule has 0 N–H and O–H groups in total. The van der Waals surface area contributed by atoms with Gasteiger partial charge in [0.05, 0.1) is 12.7 Å². The molecule has 1 unspecified atom stereocenters. The molecule has 1 fully saturated rings. The second-order valence-electron chi connectivity index (χ2n) is 5.14. The molecular weight excluding hydrogens is 292 g/mol. The van der Waals surface area contributed by atoms with Gasteiger partial charge < -0.3 is 9.47 Å². The van der Waals surface area contributed by atoms with Crippen LogP contribution in [0.25, 0.3) is 0 Å². The lowest BCUT2D eigenvalue weighted by atomic mass is 9.76. The van der Waals surface area contributed by atoms with Crippen molar-refractivity contribution in [1.82, 2.24) is 0 Å². The van der Waals surface area contributed by atoms with Crippen LogP contribution in [0.2, 0.25) is 0 Å². The fourth-order valence-corrected chi connectivity index (χ4v) is 3.48. The van der Waals surface area contributed by atoms with Gasteiger partial charge in [0.15, 0.2) is 0 Å². The Morgan fingerprint density at radius 2 is 2.06 bits per heavy atom. The zero-order valence-corrected chi connectivity index (χ0v) is 12.9. The zero-order chi connectivity index (χ0) is 13.2. The number of methoxy groups -OCH3 is 2. The van der Waals surface area contributed by atoms with E-state index in [1.165, 1.54) is 30.4 Å². The Labute approximate surface area is 118 Å². The smallest absolute Gasteiger partial charge is 0.121 e. The lowest BCUT2D eigenvalue weighted by molar-refractivity contribution is -0.0773. The average molecular weight is 313 g/mol. The quantitative estimate of drug-likeness (QED) is 0.750. The Kier molecular flexibility index (Phi) is 4.33. The maximum Gasteiger partial charge on any atom is 0.121 e. The van der Waals surface area contributed by atoms with Crippen LogP contribution < -0.4 is 4.74 Å². The molecule has 0 amide bonds. The van der Waals surface area contributed by atoms with Gasteiger partial charge in [0.25, 0.3) is 0 Å².